The van der Waals surface area contributed by atoms with E-state index >= 15 is 0 Å². The van der Waals surface area contributed by atoms with Gasteiger partial charge in [-0.05, 0) is 36.6 Å². The first-order chi connectivity index (χ1) is 14.0. The van der Waals surface area contributed by atoms with Gasteiger partial charge in [-0.25, -0.2) is 17.7 Å². The van der Waals surface area contributed by atoms with Gasteiger partial charge in [-0.3, -0.25) is 4.79 Å². The fourth-order valence-corrected chi connectivity index (χ4v) is 5.20. The van der Waals surface area contributed by atoms with Crippen molar-refractivity contribution in [2.75, 3.05) is 18.4 Å². The third-order valence-corrected chi connectivity index (χ3v) is 7.11. The van der Waals surface area contributed by atoms with Crippen LogP contribution in [0.15, 0.2) is 66.7 Å². The lowest BCUT2D eigenvalue weighted by Gasteiger charge is -2.30. The van der Waals surface area contributed by atoms with E-state index < -0.39 is 10.0 Å². The summed E-state index contributed by atoms with van der Waals surface area (Å²) in [6.45, 7) is 0.719. The van der Waals surface area contributed by atoms with Crippen molar-refractivity contribution in [1.29, 1.82) is 0 Å². The summed E-state index contributed by atoms with van der Waals surface area (Å²) >= 11 is 0. The number of rotatable bonds is 5. The van der Waals surface area contributed by atoms with Crippen molar-refractivity contribution < 1.29 is 13.2 Å². The highest BCUT2D eigenvalue weighted by Gasteiger charge is 2.31. The zero-order chi connectivity index (χ0) is 20.3. The molecule has 1 N–H and O–H groups in total. The Balaban J connectivity index is 1.35. The summed E-state index contributed by atoms with van der Waals surface area (Å²) in [5, 5.41) is 3.90. The molecular formula is C22H23N3O3S. The van der Waals surface area contributed by atoms with E-state index in [2.05, 4.69) is 10.3 Å². The predicted octanol–water partition coefficient (Wildman–Crippen LogP) is 3.42. The number of benzene rings is 2. The van der Waals surface area contributed by atoms with Gasteiger partial charge in [-0.2, -0.15) is 0 Å². The van der Waals surface area contributed by atoms with Crippen LogP contribution >= 0.6 is 0 Å². The monoisotopic (exact) mass is 409 g/mol. The largest absolute Gasteiger partial charge is 0.310 e. The van der Waals surface area contributed by atoms with E-state index in [1.165, 1.54) is 4.31 Å². The number of carbonyl (C=O) groups is 1. The first-order valence-corrected chi connectivity index (χ1v) is 11.3. The van der Waals surface area contributed by atoms with Gasteiger partial charge in [0.1, 0.15) is 5.82 Å². The predicted molar refractivity (Wildman–Crippen MR) is 114 cm³/mol. The average molecular weight is 410 g/mol. The van der Waals surface area contributed by atoms with Crippen LogP contribution < -0.4 is 5.32 Å². The summed E-state index contributed by atoms with van der Waals surface area (Å²) in [7, 11) is -3.38. The number of anilines is 1. The third kappa shape index (κ3) is 4.63. The van der Waals surface area contributed by atoms with Gasteiger partial charge in [0.25, 0.3) is 0 Å². The normalized spacial score (nSPS) is 16.0. The maximum absolute atomic E-state index is 12.7. The summed E-state index contributed by atoms with van der Waals surface area (Å²) in [6.07, 6.45) is 1.01. The Kier molecular flexibility index (Phi) is 5.60. The molecule has 0 aliphatic carbocycles. The molecule has 2 aromatic carbocycles. The molecule has 1 aliphatic rings. The highest BCUT2D eigenvalue weighted by atomic mass is 32.2. The van der Waals surface area contributed by atoms with Gasteiger partial charge in [0, 0.05) is 24.4 Å². The maximum atomic E-state index is 12.7. The van der Waals surface area contributed by atoms with Crippen LogP contribution in [0.1, 0.15) is 18.4 Å². The summed E-state index contributed by atoms with van der Waals surface area (Å²) in [4.78, 5) is 17.1. The molecule has 1 saturated heterocycles. The number of para-hydroxylation sites is 1. The molecule has 2 heterocycles. The second-order valence-corrected chi connectivity index (χ2v) is 9.26. The number of nitrogens with one attached hydrogen (secondary N) is 1. The van der Waals surface area contributed by atoms with Crippen molar-refractivity contribution >= 4 is 32.7 Å². The molecule has 1 aromatic heterocycles. The molecule has 150 valence electrons. The van der Waals surface area contributed by atoms with Crippen molar-refractivity contribution in [1.82, 2.24) is 9.29 Å². The number of nitrogens with zero attached hydrogens (tertiary/aromatic N) is 2. The minimum absolute atomic E-state index is 0.00822. The molecule has 0 bridgehead atoms. The number of hydrogen-bond acceptors (Lipinski definition) is 4. The van der Waals surface area contributed by atoms with Gasteiger partial charge < -0.3 is 5.32 Å². The van der Waals surface area contributed by atoms with Crippen LogP contribution in [-0.4, -0.2) is 36.7 Å². The number of hydrogen-bond donors (Lipinski definition) is 1. The summed E-state index contributed by atoms with van der Waals surface area (Å²) in [5.74, 6) is 0.193. The van der Waals surface area contributed by atoms with E-state index in [0.717, 1.165) is 16.5 Å². The summed E-state index contributed by atoms with van der Waals surface area (Å²) in [5.41, 5.74) is 1.60. The molecule has 29 heavy (non-hydrogen) atoms. The Hall–Kier alpha value is -2.77. The van der Waals surface area contributed by atoms with Crippen LogP contribution in [0.3, 0.4) is 0 Å². The number of aromatic nitrogens is 1. The van der Waals surface area contributed by atoms with Crippen LogP contribution in [0.4, 0.5) is 5.82 Å². The molecule has 6 nitrogen and oxygen atoms in total. The first kappa shape index (κ1) is 19.5. The summed E-state index contributed by atoms with van der Waals surface area (Å²) in [6, 6.07) is 20.6. The van der Waals surface area contributed by atoms with E-state index in [1.54, 1.807) is 6.07 Å². The van der Waals surface area contributed by atoms with Crippen molar-refractivity contribution in [3.8, 4) is 0 Å². The molecule has 0 unspecified atom stereocenters. The van der Waals surface area contributed by atoms with Gasteiger partial charge >= 0.3 is 0 Å². The number of pyridine rings is 1. The molecule has 1 amide bonds. The SMILES string of the molecule is O=C(Nc1ccc2ccccc2n1)C1CCN(S(=O)(=O)Cc2ccccc2)CC1. The van der Waals surface area contributed by atoms with E-state index in [4.69, 9.17) is 0 Å². The molecule has 3 aromatic rings. The second-order valence-electron chi connectivity index (χ2n) is 7.29. The van der Waals surface area contributed by atoms with Gasteiger partial charge in [0.2, 0.25) is 15.9 Å². The van der Waals surface area contributed by atoms with Crippen molar-refractivity contribution in [2.45, 2.75) is 18.6 Å². The zero-order valence-corrected chi connectivity index (χ0v) is 16.8. The molecule has 4 rings (SSSR count). The number of amides is 1. The number of sulfonamides is 1. The second kappa shape index (κ2) is 8.31. The van der Waals surface area contributed by atoms with Crippen molar-refractivity contribution in [2.24, 2.45) is 5.92 Å². The number of piperidine rings is 1. The molecule has 0 saturated carbocycles. The van der Waals surface area contributed by atoms with Crippen LogP contribution in [0.25, 0.3) is 10.9 Å². The molecule has 0 radical (unpaired) electrons. The Morgan fingerprint density at radius 3 is 2.41 bits per heavy atom. The van der Waals surface area contributed by atoms with Crippen LogP contribution in [0, 0.1) is 5.92 Å². The third-order valence-electron chi connectivity index (χ3n) is 5.26. The lowest BCUT2D eigenvalue weighted by molar-refractivity contribution is -0.120. The summed E-state index contributed by atoms with van der Waals surface area (Å²) < 4.78 is 26.8. The first-order valence-electron chi connectivity index (χ1n) is 9.70. The van der Waals surface area contributed by atoms with E-state index in [1.807, 2.05) is 60.7 Å². The minimum atomic E-state index is -3.38. The number of carbonyl (C=O) groups excluding carboxylic acids is 1. The molecule has 0 spiro atoms. The Morgan fingerprint density at radius 1 is 0.966 bits per heavy atom. The quantitative estimate of drug-likeness (QED) is 0.700. The minimum Gasteiger partial charge on any atom is -0.310 e. The Bertz CT molecular complexity index is 1110. The molecule has 1 fully saturated rings. The average Bonchev–Trinajstić information content (AvgIpc) is 2.74. The molecule has 1 aliphatic heterocycles. The highest BCUT2D eigenvalue weighted by molar-refractivity contribution is 7.88. The van der Waals surface area contributed by atoms with Gasteiger partial charge in [-0.1, -0.05) is 48.5 Å². The fourth-order valence-electron chi connectivity index (χ4n) is 3.64. The Labute approximate surface area is 170 Å². The Morgan fingerprint density at radius 2 is 1.66 bits per heavy atom. The van der Waals surface area contributed by atoms with E-state index in [9.17, 15) is 13.2 Å². The fraction of sp³-hybridized carbons (Fsp3) is 0.273. The standard InChI is InChI=1S/C22H23N3O3S/c26-22(24-21-11-10-18-8-4-5-9-20(18)23-21)19-12-14-25(15-13-19)29(27,28)16-17-6-2-1-3-7-17/h1-11,19H,12-16H2,(H,23,24,26). The van der Waals surface area contributed by atoms with Gasteiger partial charge in [0.05, 0.1) is 11.3 Å². The van der Waals surface area contributed by atoms with E-state index in [-0.39, 0.29) is 17.6 Å². The smallest absolute Gasteiger partial charge is 0.228 e. The topological polar surface area (TPSA) is 79.4 Å². The maximum Gasteiger partial charge on any atom is 0.228 e. The van der Waals surface area contributed by atoms with Crippen LogP contribution in [0.2, 0.25) is 0 Å². The zero-order valence-electron chi connectivity index (χ0n) is 16.0. The van der Waals surface area contributed by atoms with Crippen molar-refractivity contribution in [3.63, 3.8) is 0 Å². The molecule has 0 atom stereocenters. The van der Waals surface area contributed by atoms with E-state index in [0.29, 0.717) is 31.7 Å². The van der Waals surface area contributed by atoms with Crippen LogP contribution in [-0.2, 0) is 20.6 Å². The molecule has 7 heteroatoms. The van der Waals surface area contributed by atoms with Gasteiger partial charge in [0.15, 0.2) is 0 Å². The van der Waals surface area contributed by atoms with Crippen molar-refractivity contribution in [3.05, 3.63) is 72.3 Å². The lowest BCUT2D eigenvalue weighted by Crippen LogP contribution is -2.41. The lowest BCUT2D eigenvalue weighted by atomic mass is 9.97. The number of fused-ring (bicyclic) bond motifs is 1. The highest BCUT2D eigenvalue weighted by Crippen LogP contribution is 2.23. The van der Waals surface area contributed by atoms with Gasteiger partial charge in [-0.15, -0.1) is 0 Å². The molecular weight excluding hydrogens is 386 g/mol. The van der Waals surface area contributed by atoms with Crippen LogP contribution in [0.5, 0.6) is 0 Å².